The van der Waals surface area contributed by atoms with E-state index in [4.69, 9.17) is 4.74 Å². The van der Waals surface area contributed by atoms with Crippen molar-refractivity contribution in [3.05, 3.63) is 30.0 Å². The highest BCUT2D eigenvalue weighted by molar-refractivity contribution is 6.02. The Morgan fingerprint density at radius 3 is 3.00 bits per heavy atom. The van der Waals surface area contributed by atoms with Crippen LogP contribution in [0.1, 0.15) is 36.2 Å². The molecule has 9 heteroatoms. The van der Waals surface area contributed by atoms with Crippen LogP contribution in [0.15, 0.2) is 24.3 Å². The summed E-state index contributed by atoms with van der Waals surface area (Å²) in [5.41, 5.74) is 1.20. The number of carbonyl (C=O) groups is 3. The fourth-order valence-corrected chi connectivity index (χ4v) is 5.33. The monoisotopic (exact) mass is 449 g/mol. The summed E-state index contributed by atoms with van der Waals surface area (Å²) in [4.78, 5) is 43.4. The van der Waals surface area contributed by atoms with E-state index in [-0.39, 0.29) is 36.0 Å². The lowest BCUT2D eigenvalue weighted by Gasteiger charge is -2.28. The van der Waals surface area contributed by atoms with Crippen LogP contribution in [-0.4, -0.2) is 59.9 Å². The number of hydrogen-bond donors (Lipinski definition) is 3. The average Bonchev–Trinajstić information content (AvgIpc) is 3.27. The molecule has 2 unspecified atom stereocenters. The number of likely N-dealkylation sites (tertiary alicyclic amines) is 1. The first-order valence-electron chi connectivity index (χ1n) is 11.4. The van der Waals surface area contributed by atoms with Crippen molar-refractivity contribution >= 4 is 28.6 Å². The van der Waals surface area contributed by atoms with Gasteiger partial charge in [-0.25, -0.2) is 0 Å². The van der Waals surface area contributed by atoms with Gasteiger partial charge < -0.3 is 25.3 Å². The van der Waals surface area contributed by atoms with Gasteiger partial charge in [0, 0.05) is 29.9 Å². The Morgan fingerprint density at radius 1 is 1.39 bits per heavy atom. The largest absolute Gasteiger partial charge is 0.496 e. The summed E-state index contributed by atoms with van der Waals surface area (Å²) < 4.78 is 5.39. The van der Waals surface area contributed by atoms with Crippen molar-refractivity contribution in [3.63, 3.8) is 0 Å². The molecule has 3 N–H and O–H groups in total. The smallest absolute Gasteiger partial charge is 0.271 e. The van der Waals surface area contributed by atoms with Gasteiger partial charge >= 0.3 is 0 Å². The van der Waals surface area contributed by atoms with Crippen molar-refractivity contribution < 1.29 is 19.1 Å². The van der Waals surface area contributed by atoms with Gasteiger partial charge in [0.15, 0.2) is 0 Å². The van der Waals surface area contributed by atoms with Crippen LogP contribution in [0.5, 0.6) is 5.75 Å². The number of benzene rings is 1. The Morgan fingerprint density at radius 2 is 2.24 bits per heavy atom. The number of nitrogens with one attached hydrogen (secondary N) is 3. The maximum absolute atomic E-state index is 13.4. The van der Waals surface area contributed by atoms with Gasteiger partial charge in [0.25, 0.3) is 5.91 Å². The normalized spacial score (nSPS) is 26.8. The first kappa shape index (κ1) is 21.3. The zero-order valence-corrected chi connectivity index (χ0v) is 18.5. The minimum Gasteiger partial charge on any atom is -0.496 e. The van der Waals surface area contributed by atoms with Crippen molar-refractivity contribution in [2.75, 3.05) is 20.2 Å². The van der Waals surface area contributed by atoms with Gasteiger partial charge in [0.05, 0.1) is 13.2 Å². The third-order valence-electron chi connectivity index (χ3n) is 7.15. The lowest BCUT2D eigenvalue weighted by molar-refractivity contribution is -0.129. The number of piperidine rings is 2. The van der Waals surface area contributed by atoms with Crippen molar-refractivity contribution in [2.45, 2.75) is 37.8 Å². The van der Waals surface area contributed by atoms with E-state index in [2.05, 4.69) is 21.7 Å². The molecule has 5 atom stereocenters. The molecule has 33 heavy (non-hydrogen) atoms. The Balaban J connectivity index is 1.31. The first-order chi connectivity index (χ1) is 16.0. The maximum Gasteiger partial charge on any atom is 0.271 e. The molecule has 9 nitrogen and oxygen atoms in total. The van der Waals surface area contributed by atoms with Crippen molar-refractivity contribution in [1.29, 1.82) is 5.26 Å². The number of H-pyrrole nitrogens is 1. The zero-order valence-electron chi connectivity index (χ0n) is 18.5. The Bertz CT molecular complexity index is 1150. The number of rotatable bonds is 6. The van der Waals surface area contributed by atoms with Crippen LogP contribution in [0.2, 0.25) is 0 Å². The number of hydrogen-bond acceptors (Lipinski definition) is 5. The quantitative estimate of drug-likeness (QED) is 0.617. The summed E-state index contributed by atoms with van der Waals surface area (Å²) in [5.74, 6) is 0.207. The Labute approximate surface area is 191 Å². The lowest BCUT2D eigenvalue weighted by atomic mass is 9.92. The van der Waals surface area contributed by atoms with Crippen LogP contribution >= 0.6 is 0 Å². The van der Waals surface area contributed by atoms with Crippen molar-refractivity contribution in [1.82, 2.24) is 20.5 Å². The first-order valence-corrected chi connectivity index (χ1v) is 11.4. The summed E-state index contributed by atoms with van der Waals surface area (Å²) in [6, 6.07) is 8.07. The molecule has 1 aliphatic carbocycles. The standard InChI is InChI=1S/C24H27N5O4/c1-33-20-6-2-5-18-17(20)10-19(28-18)24(32)29-12-14-9-16(14)21(29)23(31)27-15(11-25)8-13-4-3-7-26-22(13)30/h2,5-6,10,13-16,21,28H,3-4,7-9,12H2,1H3,(H,26,30)(H,27,31)/t13-,14-,15-,16?,21?/m0/s1. The number of amides is 3. The molecule has 2 aliphatic heterocycles. The Hall–Kier alpha value is -3.54. The molecule has 2 saturated heterocycles. The molecule has 0 radical (unpaired) electrons. The summed E-state index contributed by atoms with van der Waals surface area (Å²) in [6.45, 7) is 1.18. The predicted molar refractivity (Wildman–Crippen MR) is 119 cm³/mol. The average molecular weight is 450 g/mol. The van der Waals surface area contributed by atoms with E-state index in [1.807, 2.05) is 18.2 Å². The SMILES string of the molecule is COc1cccc2[nH]c(C(=O)N3C[C@@H]4CC4C3C(=O)N[C@H](C#N)C[C@@H]3CCCNC3=O)cc12. The van der Waals surface area contributed by atoms with E-state index in [0.29, 0.717) is 36.9 Å². The summed E-state index contributed by atoms with van der Waals surface area (Å²) in [7, 11) is 1.58. The van der Waals surface area contributed by atoms with E-state index in [0.717, 1.165) is 23.7 Å². The molecule has 1 saturated carbocycles. The summed E-state index contributed by atoms with van der Waals surface area (Å²) in [5, 5.41) is 16.0. The number of ether oxygens (including phenoxy) is 1. The molecule has 1 aromatic heterocycles. The number of nitrogens with zero attached hydrogens (tertiary/aromatic N) is 2. The molecule has 5 rings (SSSR count). The van der Waals surface area contributed by atoms with E-state index < -0.39 is 12.1 Å². The van der Waals surface area contributed by atoms with Crippen LogP contribution in [0.4, 0.5) is 0 Å². The summed E-state index contributed by atoms with van der Waals surface area (Å²) >= 11 is 0. The van der Waals surface area contributed by atoms with E-state index in [9.17, 15) is 19.6 Å². The topological polar surface area (TPSA) is 127 Å². The molecule has 2 aromatic rings. The van der Waals surface area contributed by atoms with Crippen LogP contribution in [0.3, 0.4) is 0 Å². The van der Waals surface area contributed by atoms with Crippen molar-refractivity contribution in [3.8, 4) is 11.8 Å². The molecule has 3 fully saturated rings. The van der Waals surface area contributed by atoms with Gasteiger partial charge in [0.1, 0.15) is 23.5 Å². The van der Waals surface area contributed by atoms with Crippen LogP contribution in [0, 0.1) is 29.1 Å². The maximum atomic E-state index is 13.4. The van der Waals surface area contributed by atoms with Crippen LogP contribution in [-0.2, 0) is 9.59 Å². The molecule has 3 amide bonds. The van der Waals surface area contributed by atoms with Gasteiger partial charge in [-0.1, -0.05) is 6.07 Å². The number of carbonyl (C=O) groups excluding carboxylic acids is 3. The number of methoxy groups -OCH3 is 1. The highest BCUT2D eigenvalue weighted by atomic mass is 16.5. The number of nitriles is 1. The highest BCUT2D eigenvalue weighted by Crippen LogP contribution is 2.50. The minimum atomic E-state index is -0.765. The van der Waals surface area contributed by atoms with Crippen LogP contribution < -0.4 is 15.4 Å². The molecule has 0 spiro atoms. The predicted octanol–water partition coefficient (Wildman–Crippen LogP) is 1.56. The van der Waals surface area contributed by atoms with Crippen LogP contribution in [0.25, 0.3) is 10.9 Å². The second-order valence-electron chi connectivity index (χ2n) is 9.22. The second-order valence-corrected chi connectivity index (χ2v) is 9.22. The molecule has 3 heterocycles. The molecular weight excluding hydrogens is 422 g/mol. The fourth-order valence-electron chi connectivity index (χ4n) is 5.33. The van der Waals surface area contributed by atoms with E-state index >= 15 is 0 Å². The molecule has 1 aromatic carbocycles. The molecular formula is C24H27N5O4. The number of fused-ring (bicyclic) bond motifs is 2. The zero-order chi connectivity index (χ0) is 23.1. The fraction of sp³-hybridized carbons (Fsp3) is 0.500. The van der Waals surface area contributed by atoms with Gasteiger partial charge in [-0.2, -0.15) is 5.26 Å². The third kappa shape index (κ3) is 3.90. The Kier molecular flexibility index (Phi) is 5.44. The van der Waals surface area contributed by atoms with Gasteiger partial charge in [-0.3, -0.25) is 14.4 Å². The lowest BCUT2D eigenvalue weighted by Crippen LogP contribution is -2.51. The van der Waals surface area contributed by atoms with E-state index in [1.165, 1.54) is 0 Å². The third-order valence-corrected chi connectivity index (χ3v) is 7.15. The molecule has 0 bridgehead atoms. The number of aromatic nitrogens is 1. The molecule has 3 aliphatic rings. The molecule has 172 valence electrons. The second kappa shape index (κ2) is 8.43. The van der Waals surface area contributed by atoms with Gasteiger partial charge in [-0.05, 0) is 55.7 Å². The summed E-state index contributed by atoms with van der Waals surface area (Å²) in [6.07, 6.45) is 2.77. The van der Waals surface area contributed by atoms with Crippen molar-refractivity contribution in [2.24, 2.45) is 17.8 Å². The van der Waals surface area contributed by atoms with Gasteiger partial charge in [-0.15, -0.1) is 0 Å². The van der Waals surface area contributed by atoms with Gasteiger partial charge in [0.2, 0.25) is 11.8 Å². The number of aromatic amines is 1. The minimum absolute atomic E-state index is 0.0649. The van der Waals surface area contributed by atoms with E-state index in [1.54, 1.807) is 18.1 Å². The highest BCUT2D eigenvalue weighted by Gasteiger charge is 2.57.